The highest BCUT2D eigenvalue weighted by atomic mass is 32.2. The number of carbonyl (C=O) groups is 3. The fourth-order valence-corrected chi connectivity index (χ4v) is 7.26. The molecular weight excluding hydrogens is 596 g/mol. The third kappa shape index (κ3) is 8.41. The summed E-state index contributed by atoms with van der Waals surface area (Å²) in [4.78, 5) is 54.3. The molecule has 1 aliphatic rings. The Hall–Kier alpha value is -3.77. The lowest BCUT2D eigenvalue weighted by Crippen LogP contribution is -2.64. The normalized spacial score (nSPS) is 18.6. The van der Waals surface area contributed by atoms with Gasteiger partial charge in [-0.15, -0.1) is 11.3 Å². The van der Waals surface area contributed by atoms with Gasteiger partial charge >= 0.3 is 0 Å². The number of nitrogens with zero attached hydrogens (tertiary/aromatic N) is 5. The highest BCUT2D eigenvalue weighted by Crippen LogP contribution is 2.26. The van der Waals surface area contributed by atoms with Crippen molar-refractivity contribution < 1.29 is 22.8 Å². The number of benzene rings is 1. The highest BCUT2D eigenvalue weighted by molar-refractivity contribution is 7.88. The monoisotopic (exact) mass is 634 g/mol. The summed E-state index contributed by atoms with van der Waals surface area (Å²) in [5.41, 5.74) is 21.3. The Bertz CT molecular complexity index is 1390. The van der Waals surface area contributed by atoms with Gasteiger partial charge in [0.1, 0.15) is 6.04 Å². The van der Waals surface area contributed by atoms with Crippen LogP contribution in [0.25, 0.3) is 0 Å². The smallest absolute Gasteiger partial charge is 0.243 e. The van der Waals surface area contributed by atoms with Gasteiger partial charge in [-0.2, -0.15) is 4.31 Å². The molecular formula is C26H38N10O5S2. The molecule has 3 rings (SSSR count). The number of thiazole rings is 1. The molecule has 2 amide bonds. The number of nitrogens with one attached hydrogen (secondary N) is 1. The van der Waals surface area contributed by atoms with Gasteiger partial charge in [-0.05, 0) is 31.5 Å². The van der Waals surface area contributed by atoms with Crippen molar-refractivity contribution in [3.63, 3.8) is 0 Å². The summed E-state index contributed by atoms with van der Waals surface area (Å²) < 4.78 is 28.3. The first-order chi connectivity index (χ1) is 20.6. The molecule has 1 fully saturated rings. The van der Waals surface area contributed by atoms with Crippen molar-refractivity contribution in [1.82, 2.24) is 19.5 Å². The van der Waals surface area contributed by atoms with E-state index in [9.17, 15) is 22.8 Å². The fraction of sp³-hybridized carbons (Fsp3) is 0.462. The van der Waals surface area contributed by atoms with Crippen molar-refractivity contribution in [2.45, 2.75) is 42.8 Å². The summed E-state index contributed by atoms with van der Waals surface area (Å²) in [6.07, 6.45) is 3.89. The van der Waals surface area contributed by atoms with Crippen LogP contribution in [0.3, 0.4) is 0 Å². The Labute approximate surface area is 254 Å². The van der Waals surface area contributed by atoms with Crippen LogP contribution in [0.5, 0.6) is 0 Å². The molecule has 43 heavy (non-hydrogen) atoms. The first-order valence-corrected chi connectivity index (χ1v) is 16.1. The number of hydrogen-bond donors (Lipinski definition) is 5. The van der Waals surface area contributed by atoms with Crippen molar-refractivity contribution >= 4 is 51.6 Å². The molecule has 15 nitrogen and oxygen atoms in total. The Balaban J connectivity index is 1.89. The Morgan fingerprint density at radius 1 is 1.16 bits per heavy atom. The lowest BCUT2D eigenvalue weighted by atomic mass is 9.98. The number of ketones is 1. The zero-order valence-electron chi connectivity index (χ0n) is 23.6. The zero-order valence-corrected chi connectivity index (χ0v) is 25.3. The largest absolute Gasteiger partial charge is 0.390 e. The minimum absolute atomic E-state index is 0.0349. The van der Waals surface area contributed by atoms with E-state index < -0.39 is 51.9 Å². The van der Waals surface area contributed by atoms with E-state index in [1.165, 1.54) is 11.1 Å². The Morgan fingerprint density at radius 2 is 1.91 bits per heavy atom. The number of nitrogens with two attached hydrogens (primary N) is 4. The first kappa shape index (κ1) is 33.7. The van der Waals surface area contributed by atoms with Crippen LogP contribution in [0, 0.1) is 0 Å². The molecule has 0 aliphatic carbocycles. The number of rotatable bonds is 16. The maximum absolute atomic E-state index is 13.9. The second kappa shape index (κ2) is 15.6. The molecule has 1 aromatic heterocycles. The zero-order chi connectivity index (χ0) is 31.5. The maximum Gasteiger partial charge on any atom is 0.243 e. The molecule has 3 atom stereocenters. The summed E-state index contributed by atoms with van der Waals surface area (Å²) in [6, 6.07) is 6.39. The number of sulfonamides is 1. The molecule has 0 bridgehead atoms. The van der Waals surface area contributed by atoms with E-state index in [0.29, 0.717) is 12.0 Å². The molecule has 2 heterocycles. The maximum atomic E-state index is 13.9. The molecule has 0 saturated carbocycles. The predicted octanol–water partition coefficient (Wildman–Crippen LogP) is -1.39. The standard InChI is InChI=1S/C26H38N10O5S2/c27-9-4-8-26(33-18-30,23(38)24-31-11-14-42-24)34-21(37)15-35-12-13-36(22(25(35)39)20(7-10-28)32-17-29)43(40,41)16-19-5-2-1-3-6-19/h1-3,5-6,11,14,17-18,20,22H,4,7-10,12-13,15-16,27-28H2,(H2,29,32)(H2,30,33)(H,34,37). The van der Waals surface area contributed by atoms with Crippen molar-refractivity contribution in [3.8, 4) is 0 Å². The van der Waals surface area contributed by atoms with Crippen molar-refractivity contribution in [3.05, 3.63) is 52.5 Å². The fourth-order valence-electron chi connectivity index (χ4n) is 4.90. The molecule has 3 unspecified atom stereocenters. The number of aromatic nitrogens is 1. The minimum atomic E-state index is -4.00. The van der Waals surface area contributed by atoms with Gasteiger partial charge in [0.25, 0.3) is 0 Å². The molecule has 1 aromatic carbocycles. The van der Waals surface area contributed by atoms with Crippen LogP contribution in [0.2, 0.25) is 0 Å². The van der Waals surface area contributed by atoms with Gasteiger partial charge in [0.05, 0.1) is 31.0 Å². The average molecular weight is 635 g/mol. The van der Waals surface area contributed by atoms with Gasteiger partial charge in [-0.3, -0.25) is 19.4 Å². The second-order valence-electron chi connectivity index (χ2n) is 9.75. The third-order valence-corrected chi connectivity index (χ3v) is 9.43. The third-order valence-electron chi connectivity index (χ3n) is 6.84. The number of carbonyl (C=O) groups excluding carboxylic acids is 3. The second-order valence-corrected chi connectivity index (χ2v) is 12.6. The van der Waals surface area contributed by atoms with Crippen LogP contribution >= 0.6 is 11.3 Å². The molecule has 0 spiro atoms. The number of Topliss-reactive ketones (excluding diaryl/α,β-unsaturated/α-hetero) is 1. The molecule has 0 radical (unpaired) electrons. The predicted molar refractivity (Wildman–Crippen MR) is 165 cm³/mol. The lowest BCUT2D eigenvalue weighted by molar-refractivity contribution is -0.143. The number of aliphatic imine (C=N–C) groups is 2. The van der Waals surface area contributed by atoms with Crippen LogP contribution in [-0.4, -0.2) is 103 Å². The van der Waals surface area contributed by atoms with E-state index in [1.807, 2.05) is 0 Å². The van der Waals surface area contributed by atoms with Crippen LogP contribution in [0.15, 0.2) is 51.9 Å². The van der Waals surface area contributed by atoms with Gasteiger partial charge < -0.3 is 33.2 Å². The van der Waals surface area contributed by atoms with Crippen LogP contribution in [0.1, 0.15) is 34.6 Å². The first-order valence-electron chi connectivity index (χ1n) is 13.6. The van der Waals surface area contributed by atoms with Gasteiger partial charge in [0, 0.05) is 31.1 Å². The molecule has 1 aliphatic heterocycles. The van der Waals surface area contributed by atoms with Crippen molar-refractivity contribution in [2.75, 3.05) is 32.7 Å². The van der Waals surface area contributed by atoms with E-state index in [0.717, 1.165) is 28.3 Å². The molecule has 2 aromatic rings. The topological polar surface area (TPSA) is 246 Å². The summed E-state index contributed by atoms with van der Waals surface area (Å²) in [5.74, 6) is -2.27. The van der Waals surface area contributed by atoms with Gasteiger partial charge in [0.2, 0.25) is 27.6 Å². The van der Waals surface area contributed by atoms with Crippen LogP contribution in [0.4, 0.5) is 0 Å². The van der Waals surface area contributed by atoms with E-state index in [2.05, 4.69) is 20.3 Å². The van der Waals surface area contributed by atoms with Gasteiger partial charge in [-0.1, -0.05) is 30.3 Å². The van der Waals surface area contributed by atoms with Gasteiger partial charge in [0.15, 0.2) is 10.7 Å². The quantitative estimate of drug-likeness (QED) is 0.0822. The molecule has 17 heteroatoms. The number of hydrogen-bond acceptors (Lipinski definition) is 11. The molecule has 9 N–H and O–H groups in total. The van der Waals surface area contributed by atoms with E-state index >= 15 is 0 Å². The summed E-state index contributed by atoms with van der Waals surface area (Å²) in [6.45, 7) is -0.351. The minimum Gasteiger partial charge on any atom is -0.390 e. The van der Waals surface area contributed by atoms with E-state index in [4.69, 9.17) is 22.9 Å². The van der Waals surface area contributed by atoms with Crippen LogP contribution in [-0.2, 0) is 25.4 Å². The summed E-state index contributed by atoms with van der Waals surface area (Å²) in [7, 11) is -4.00. The Morgan fingerprint density at radius 3 is 2.51 bits per heavy atom. The number of piperazine rings is 1. The summed E-state index contributed by atoms with van der Waals surface area (Å²) >= 11 is 1.08. The highest BCUT2D eigenvalue weighted by Gasteiger charge is 2.46. The molecule has 1 saturated heterocycles. The van der Waals surface area contributed by atoms with Crippen LogP contribution < -0.4 is 28.3 Å². The molecule has 234 valence electrons. The summed E-state index contributed by atoms with van der Waals surface area (Å²) in [5, 5.41) is 4.36. The Kier molecular flexibility index (Phi) is 12.3. The van der Waals surface area contributed by atoms with Gasteiger partial charge in [-0.25, -0.2) is 18.4 Å². The van der Waals surface area contributed by atoms with Crippen molar-refractivity contribution in [1.29, 1.82) is 0 Å². The van der Waals surface area contributed by atoms with E-state index in [1.54, 1.807) is 35.7 Å². The lowest BCUT2D eigenvalue weighted by Gasteiger charge is -2.42. The SMILES string of the molecule is NC=NC(CCN)C1C(=O)N(CC(=O)NC(CCCN)(/N=C/N)C(=O)c2nccs2)CCN1S(=O)(=O)Cc1ccccc1. The number of amides is 2. The van der Waals surface area contributed by atoms with Crippen molar-refractivity contribution in [2.24, 2.45) is 32.9 Å². The average Bonchev–Trinajstić information content (AvgIpc) is 3.52. The van der Waals surface area contributed by atoms with E-state index in [-0.39, 0.29) is 49.8 Å².